The molecular weight excluding hydrogens is 216 g/mol. The summed E-state index contributed by atoms with van der Waals surface area (Å²) in [6, 6.07) is 7.14. The van der Waals surface area contributed by atoms with Crippen LogP contribution < -0.4 is 5.73 Å². The molecule has 0 saturated heterocycles. The third kappa shape index (κ3) is 3.75. The summed E-state index contributed by atoms with van der Waals surface area (Å²) in [5, 5.41) is 9.14. The number of benzene rings is 1. The van der Waals surface area contributed by atoms with Gasteiger partial charge in [-0.1, -0.05) is 26.0 Å². The van der Waals surface area contributed by atoms with Gasteiger partial charge < -0.3 is 10.8 Å². The molecule has 1 aromatic rings. The van der Waals surface area contributed by atoms with Crippen molar-refractivity contribution in [3.8, 4) is 0 Å². The lowest BCUT2D eigenvalue weighted by molar-refractivity contribution is -0.143. The standard InChI is InChI=1S/C13H20N2O2/c1-3-12(13(16)17)15(4-2)9-10-6-5-7-11(14)8-10/h5-8,12H,3-4,9,14H2,1-2H3,(H,16,17). The Balaban J connectivity index is 2.79. The lowest BCUT2D eigenvalue weighted by atomic mass is 10.1. The van der Waals surface area contributed by atoms with Gasteiger partial charge in [-0.05, 0) is 30.7 Å². The zero-order chi connectivity index (χ0) is 12.8. The maximum atomic E-state index is 11.1. The molecule has 94 valence electrons. The maximum Gasteiger partial charge on any atom is 0.320 e. The van der Waals surface area contributed by atoms with Crippen LogP contribution in [-0.2, 0) is 11.3 Å². The highest BCUT2D eigenvalue weighted by Gasteiger charge is 2.22. The summed E-state index contributed by atoms with van der Waals surface area (Å²) in [6.45, 7) is 5.19. The van der Waals surface area contributed by atoms with E-state index >= 15 is 0 Å². The first-order valence-corrected chi connectivity index (χ1v) is 5.89. The molecule has 0 aliphatic carbocycles. The normalized spacial score (nSPS) is 12.6. The van der Waals surface area contributed by atoms with E-state index in [9.17, 15) is 4.79 Å². The Morgan fingerprint density at radius 1 is 1.47 bits per heavy atom. The summed E-state index contributed by atoms with van der Waals surface area (Å²) in [4.78, 5) is 13.1. The van der Waals surface area contributed by atoms with Gasteiger partial charge in [-0.25, -0.2) is 0 Å². The molecule has 0 fully saturated rings. The minimum atomic E-state index is -0.766. The number of carboxylic acids is 1. The molecule has 0 amide bonds. The number of likely N-dealkylation sites (N-methyl/N-ethyl adjacent to an activating group) is 1. The maximum absolute atomic E-state index is 11.1. The summed E-state index contributed by atoms with van der Waals surface area (Å²) >= 11 is 0. The summed E-state index contributed by atoms with van der Waals surface area (Å²) in [7, 11) is 0. The van der Waals surface area contributed by atoms with E-state index in [2.05, 4.69) is 0 Å². The highest BCUT2D eigenvalue weighted by Crippen LogP contribution is 2.13. The second-order valence-corrected chi connectivity index (χ2v) is 4.07. The Bertz CT molecular complexity index is 379. The van der Waals surface area contributed by atoms with Crippen LogP contribution in [0.2, 0.25) is 0 Å². The molecule has 4 heteroatoms. The molecule has 17 heavy (non-hydrogen) atoms. The van der Waals surface area contributed by atoms with Gasteiger partial charge in [-0.15, -0.1) is 0 Å². The van der Waals surface area contributed by atoms with Crippen LogP contribution in [0.5, 0.6) is 0 Å². The van der Waals surface area contributed by atoms with E-state index in [4.69, 9.17) is 10.8 Å². The number of rotatable bonds is 6. The molecule has 3 N–H and O–H groups in total. The van der Waals surface area contributed by atoms with Crippen molar-refractivity contribution in [2.75, 3.05) is 12.3 Å². The molecule has 0 radical (unpaired) electrons. The van der Waals surface area contributed by atoms with Crippen LogP contribution in [-0.4, -0.2) is 28.6 Å². The van der Waals surface area contributed by atoms with Crippen molar-refractivity contribution in [2.45, 2.75) is 32.9 Å². The van der Waals surface area contributed by atoms with Crippen molar-refractivity contribution in [3.63, 3.8) is 0 Å². The molecule has 0 saturated carbocycles. The number of nitrogens with two attached hydrogens (primary N) is 1. The van der Waals surface area contributed by atoms with Crippen LogP contribution in [0.15, 0.2) is 24.3 Å². The highest BCUT2D eigenvalue weighted by atomic mass is 16.4. The third-order valence-electron chi connectivity index (χ3n) is 2.86. The van der Waals surface area contributed by atoms with E-state index < -0.39 is 12.0 Å². The predicted octanol–water partition coefficient (Wildman–Crippen LogP) is 1.95. The molecule has 0 bridgehead atoms. The number of aliphatic carboxylic acids is 1. The smallest absolute Gasteiger partial charge is 0.320 e. The second kappa shape index (κ2) is 6.25. The first-order chi connectivity index (χ1) is 8.08. The molecule has 1 aromatic carbocycles. The number of hydrogen-bond acceptors (Lipinski definition) is 3. The fraction of sp³-hybridized carbons (Fsp3) is 0.462. The van der Waals surface area contributed by atoms with E-state index in [0.717, 1.165) is 5.56 Å². The highest BCUT2D eigenvalue weighted by molar-refractivity contribution is 5.73. The van der Waals surface area contributed by atoms with E-state index in [1.807, 2.05) is 43.0 Å². The Morgan fingerprint density at radius 3 is 2.65 bits per heavy atom. The van der Waals surface area contributed by atoms with E-state index in [1.54, 1.807) is 0 Å². The molecule has 0 aliphatic rings. The summed E-state index contributed by atoms with van der Waals surface area (Å²) in [5.74, 6) is -0.766. The average molecular weight is 236 g/mol. The van der Waals surface area contributed by atoms with Gasteiger partial charge in [0, 0.05) is 12.2 Å². The van der Waals surface area contributed by atoms with Crippen molar-refractivity contribution in [1.29, 1.82) is 0 Å². The Kier molecular flexibility index (Phi) is 4.97. The van der Waals surface area contributed by atoms with Crippen LogP contribution in [0.4, 0.5) is 5.69 Å². The number of nitrogens with zero attached hydrogens (tertiary/aromatic N) is 1. The van der Waals surface area contributed by atoms with Gasteiger partial charge >= 0.3 is 5.97 Å². The van der Waals surface area contributed by atoms with Crippen LogP contribution in [0.3, 0.4) is 0 Å². The van der Waals surface area contributed by atoms with Crippen LogP contribution in [0.25, 0.3) is 0 Å². The molecule has 0 aromatic heterocycles. The summed E-state index contributed by atoms with van der Waals surface area (Å²) < 4.78 is 0. The lowest BCUT2D eigenvalue weighted by Gasteiger charge is -2.26. The molecule has 0 spiro atoms. The van der Waals surface area contributed by atoms with Gasteiger partial charge in [-0.3, -0.25) is 9.69 Å². The quantitative estimate of drug-likeness (QED) is 0.741. The fourth-order valence-electron chi connectivity index (χ4n) is 1.96. The Hall–Kier alpha value is -1.55. The van der Waals surface area contributed by atoms with E-state index in [0.29, 0.717) is 25.2 Å². The van der Waals surface area contributed by atoms with Crippen molar-refractivity contribution in [3.05, 3.63) is 29.8 Å². The largest absolute Gasteiger partial charge is 0.480 e. The predicted molar refractivity (Wildman–Crippen MR) is 68.7 cm³/mol. The first-order valence-electron chi connectivity index (χ1n) is 5.89. The second-order valence-electron chi connectivity index (χ2n) is 4.07. The van der Waals surface area contributed by atoms with Crippen molar-refractivity contribution in [1.82, 2.24) is 4.90 Å². The van der Waals surface area contributed by atoms with E-state index in [1.165, 1.54) is 0 Å². The number of hydrogen-bond donors (Lipinski definition) is 2. The first kappa shape index (κ1) is 13.5. The minimum Gasteiger partial charge on any atom is -0.480 e. The summed E-state index contributed by atoms with van der Waals surface area (Å²) in [6.07, 6.45) is 0.603. The zero-order valence-corrected chi connectivity index (χ0v) is 10.4. The van der Waals surface area contributed by atoms with Gasteiger partial charge in [0.05, 0.1) is 0 Å². The van der Waals surface area contributed by atoms with Gasteiger partial charge in [0.15, 0.2) is 0 Å². The average Bonchev–Trinajstić information content (AvgIpc) is 2.28. The molecule has 4 nitrogen and oxygen atoms in total. The molecule has 1 rings (SSSR count). The number of nitrogen functional groups attached to an aromatic ring is 1. The molecule has 1 unspecified atom stereocenters. The zero-order valence-electron chi connectivity index (χ0n) is 10.4. The molecule has 0 heterocycles. The Morgan fingerprint density at radius 2 is 2.18 bits per heavy atom. The van der Waals surface area contributed by atoms with Crippen LogP contribution in [0, 0.1) is 0 Å². The minimum absolute atomic E-state index is 0.429. The SMILES string of the molecule is CCC(C(=O)O)N(CC)Cc1cccc(N)c1. The van der Waals surface area contributed by atoms with Crippen molar-refractivity contribution >= 4 is 11.7 Å². The van der Waals surface area contributed by atoms with Gasteiger partial charge in [0.1, 0.15) is 6.04 Å². The molecular formula is C13H20N2O2. The number of carbonyl (C=O) groups is 1. The van der Waals surface area contributed by atoms with E-state index in [-0.39, 0.29) is 0 Å². The number of anilines is 1. The fourth-order valence-corrected chi connectivity index (χ4v) is 1.96. The van der Waals surface area contributed by atoms with Gasteiger partial charge in [0.2, 0.25) is 0 Å². The van der Waals surface area contributed by atoms with Gasteiger partial charge in [-0.2, -0.15) is 0 Å². The van der Waals surface area contributed by atoms with Crippen molar-refractivity contribution in [2.24, 2.45) is 0 Å². The lowest BCUT2D eigenvalue weighted by Crippen LogP contribution is -2.40. The van der Waals surface area contributed by atoms with Crippen LogP contribution >= 0.6 is 0 Å². The Labute approximate surface area is 102 Å². The van der Waals surface area contributed by atoms with Gasteiger partial charge in [0.25, 0.3) is 0 Å². The molecule has 1 atom stereocenters. The summed E-state index contributed by atoms with van der Waals surface area (Å²) in [5.41, 5.74) is 7.47. The molecule has 0 aliphatic heterocycles. The van der Waals surface area contributed by atoms with Crippen LogP contribution in [0.1, 0.15) is 25.8 Å². The third-order valence-corrected chi connectivity index (χ3v) is 2.86. The van der Waals surface area contributed by atoms with Crippen molar-refractivity contribution < 1.29 is 9.90 Å². The topological polar surface area (TPSA) is 66.6 Å². The number of carboxylic acid groups (broad SMARTS) is 1. The monoisotopic (exact) mass is 236 g/mol.